The maximum atomic E-state index is 12.6. The SMILES string of the molecule is CCCCC/C=C/C(=O)N(CCCCCNC(=O)OC(C)(C)C)OC(=O)c1ccccc1. The van der Waals surface area contributed by atoms with Gasteiger partial charge in [-0.15, -0.1) is 0 Å². The Kier molecular flexibility index (Phi) is 12.8. The molecule has 1 rings (SSSR count). The predicted octanol–water partition coefficient (Wildman–Crippen LogP) is 5.42. The summed E-state index contributed by atoms with van der Waals surface area (Å²) < 4.78 is 5.19. The first-order valence-corrected chi connectivity index (χ1v) is 11.4. The molecular formula is C25H38N2O5. The van der Waals surface area contributed by atoms with E-state index in [2.05, 4.69) is 12.2 Å². The standard InChI is InChI=1S/C25H38N2O5/c1-5-6-7-8-13-18-22(28)27(32-23(29)21-16-11-9-12-17-21)20-15-10-14-19-26-24(30)31-25(2,3)4/h9,11-13,16-18H,5-8,10,14-15,19-20H2,1-4H3,(H,26,30)/b18-13+. The van der Waals surface area contributed by atoms with Crippen molar-refractivity contribution in [1.82, 2.24) is 10.4 Å². The van der Waals surface area contributed by atoms with E-state index in [1.54, 1.807) is 24.3 Å². The van der Waals surface area contributed by atoms with Crippen LogP contribution < -0.4 is 5.32 Å². The highest BCUT2D eigenvalue weighted by Crippen LogP contribution is 2.09. The summed E-state index contributed by atoms with van der Waals surface area (Å²) in [6.45, 7) is 8.32. The summed E-state index contributed by atoms with van der Waals surface area (Å²) in [6, 6.07) is 8.59. The number of nitrogens with one attached hydrogen (secondary N) is 1. The van der Waals surface area contributed by atoms with E-state index >= 15 is 0 Å². The zero-order valence-electron chi connectivity index (χ0n) is 19.9. The molecule has 0 atom stereocenters. The van der Waals surface area contributed by atoms with Gasteiger partial charge in [0.25, 0.3) is 5.91 Å². The van der Waals surface area contributed by atoms with E-state index in [1.807, 2.05) is 32.9 Å². The number of carbonyl (C=O) groups excluding carboxylic acids is 3. The zero-order chi connectivity index (χ0) is 23.8. The molecule has 178 valence electrons. The van der Waals surface area contributed by atoms with Crippen molar-refractivity contribution in [3.63, 3.8) is 0 Å². The van der Waals surface area contributed by atoms with Crippen LogP contribution in [0.5, 0.6) is 0 Å². The molecule has 1 aromatic rings. The lowest BCUT2D eigenvalue weighted by molar-refractivity contribution is -0.161. The van der Waals surface area contributed by atoms with Crippen molar-refractivity contribution < 1.29 is 24.0 Å². The molecule has 0 aliphatic heterocycles. The average Bonchev–Trinajstić information content (AvgIpc) is 2.74. The first kappa shape index (κ1) is 27.2. The molecule has 0 saturated carbocycles. The third-order valence-electron chi connectivity index (χ3n) is 4.39. The van der Waals surface area contributed by atoms with E-state index in [0.29, 0.717) is 18.5 Å². The number of ether oxygens (including phenoxy) is 1. The second kappa shape index (κ2) is 15.1. The molecule has 0 fully saturated rings. The van der Waals surface area contributed by atoms with Gasteiger partial charge in [0.05, 0.1) is 12.1 Å². The number of alkyl carbamates (subject to hydrolysis) is 1. The quantitative estimate of drug-likeness (QED) is 0.263. The van der Waals surface area contributed by atoms with Gasteiger partial charge in [-0.2, -0.15) is 5.06 Å². The van der Waals surface area contributed by atoms with Crippen molar-refractivity contribution in [2.24, 2.45) is 0 Å². The van der Waals surface area contributed by atoms with Crippen LogP contribution in [0.15, 0.2) is 42.5 Å². The Labute approximate surface area is 192 Å². The maximum Gasteiger partial charge on any atom is 0.407 e. The minimum Gasteiger partial charge on any atom is -0.444 e. The van der Waals surface area contributed by atoms with Crippen LogP contribution >= 0.6 is 0 Å². The molecule has 1 aromatic carbocycles. The second-order valence-electron chi connectivity index (χ2n) is 8.57. The van der Waals surface area contributed by atoms with Gasteiger partial charge in [0, 0.05) is 12.6 Å². The molecule has 32 heavy (non-hydrogen) atoms. The second-order valence-corrected chi connectivity index (χ2v) is 8.57. The van der Waals surface area contributed by atoms with Crippen LogP contribution in [0.1, 0.15) is 83.0 Å². The molecule has 7 heteroatoms. The Morgan fingerprint density at radius 2 is 1.72 bits per heavy atom. The minimum absolute atomic E-state index is 0.281. The van der Waals surface area contributed by atoms with Crippen LogP contribution in [-0.4, -0.2) is 41.7 Å². The maximum absolute atomic E-state index is 12.6. The lowest BCUT2D eigenvalue weighted by atomic mass is 10.2. The number of allylic oxidation sites excluding steroid dienone is 1. The van der Waals surface area contributed by atoms with E-state index in [4.69, 9.17) is 9.57 Å². The molecule has 0 aliphatic carbocycles. The van der Waals surface area contributed by atoms with Crippen molar-refractivity contribution in [3.8, 4) is 0 Å². The van der Waals surface area contributed by atoms with Gasteiger partial charge in [0.2, 0.25) is 0 Å². The van der Waals surface area contributed by atoms with Crippen LogP contribution in [0, 0.1) is 0 Å². The molecule has 0 aromatic heterocycles. The van der Waals surface area contributed by atoms with Gasteiger partial charge in [-0.3, -0.25) is 4.79 Å². The number of hydrogen-bond donors (Lipinski definition) is 1. The fourth-order valence-corrected chi connectivity index (χ4v) is 2.77. The molecule has 0 aliphatic rings. The molecule has 0 heterocycles. The summed E-state index contributed by atoms with van der Waals surface area (Å²) in [5.74, 6) is -0.914. The first-order valence-electron chi connectivity index (χ1n) is 11.4. The van der Waals surface area contributed by atoms with Crippen molar-refractivity contribution in [2.45, 2.75) is 78.2 Å². The Hall–Kier alpha value is -2.83. The molecule has 0 saturated heterocycles. The minimum atomic E-state index is -0.565. The van der Waals surface area contributed by atoms with Gasteiger partial charge in [-0.1, -0.05) is 44.0 Å². The van der Waals surface area contributed by atoms with Crippen molar-refractivity contribution in [3.05, 3.63) is 48.0 Å². The van der Waals surface area contributed by atoms with Crippen LogP contribution in [-0.2, 0) is 14.4 Å². The van der Waals surface area contributed by atoms with Crippen molar-refractivity contribution >= 4 is 18.0 Å². The summed E-state index contributed by atoms with van der Waals surface area (Å²) >= 11 is 0. The summed E-state index contributed by atoms with van der Waals surface area (Å²) in [4.78, 5) is 42.0. The number of hydroxylamine groups is 2. The van der Waals surface area contributed by atoms with Crippen LogP contribution in [0.25, 0.3) is 0 Å². The Balaban J connectivity index is 2.51. The molecule has 1 N–H and O–H groups in total. The van der Waals surface area contributed by atoms with E-state index in [0.717, 1.165) is 43.6 Å². The van der Waals surface area contributed by atoms with Gasteiger partial charge in [-0.05, 0) is 65.0 Å². The Bertz CT molecular complexity index is 726. The van der Waals surface area contributed by atoms with Crippen molar-refractivity contribution in [1.29, 1.82) is 0 Å². The normalized spacial score (nSPS) is 11.2. The van der Waals surface area contributed by atoms with E-state index < -0.39 is 17.7 Å². The molecule has 2 amide bonds. The highest BCUT2D eigenvalue weighted by Gasteiger charge is 2.18. The largest absolute Gasteiger partial charge is 0.444 e. The Morgan fingerprint density at radius 1 is 1.00 bits per heavy atom. The molecule has 7 nitrogen and oxygen atoms in total. The third-order valence-corrected chi connectivity index (χ3v) is 4.39. The molecule has 0 bridgehead atoms. The molecule has 0 spiro atoms. The topological polar surface area (TPSA) is 84.9 Å². The average molecular weight is 447 g/mol. The van der Waals surface area contributed by atoms with Gasteiger partial charge >= 0.3 is 12.1 Å². The highest BCUT2D eigenvalue weighted by atomic mass is 16.7. The summed E-state index contributed by atoms with van der Waals surface area (Å²) in [5, 5.41) is 3.83. The van der Waals surface area contributed by atoms with Gasteiger partial charge in [-0.25, -0.2) is 9.59 Å². The first-order chi connectivity index (χ1) is 15.2. The van der Waals surface area contributed by atoms with Crippen LogP contribution in [0.2, 0.25) is 0 Å². The molecule has 0 radical (unpaired) electrons. The smallest absolute Gasteiger partial charge is 0.407 e. The summed E-state index contributed by atoms with van der Waals surface area (Å²) in [6.07, 6.45) is 9.03. The summed E-state index contributed by atoms with van der Waals surface area (Å²) in [5.41, 5.74) is -0.142. The molecule has 0 unspecified atom stereocenters. The Morgan fingerprint density at radius 3 is 2.38 bits per heavy atom. The van der Waals surface area contributed by atoms with Gasteiger partial charge < -0.3 is 14.9 Å². The van der Waals surface area contributed by atoms with E-state index in [-0.39, 0.29) is 12.5 Å². The lowest BCUT2D eigenvalue weighted by Gasteiger charge is -2.20. The summed E-state index contributed by atoms with van der Waals surface area (Å²) in [7, 11) is 0. The fraction of sp³-hybridized carbons (Fsp3) is 0.560. The third kappa shape index (κ3) is 12.8. The predicted molar refractivity (Wildman–Crippen MR) is 125 cm³/mol. The van der Waals surface area contributed by atoms with E-state index in [9.17, 15) is 14.4 Å². The lowest BCUT2D eigenvalue weighted by Crippen LogP contribution is -2.34. The zero-order valence-corrected chi connectivity index (χ0v) is 19.9. The molecular weight excluding hydrogens is 408 g/mol. The number of amides is 2. The number of rotatable bonds is 12. The number of hydrogen-bond acceptors (Lipinski definition) is 5. The monoisotopic (exact) mass is 446 g/mol. The number of nitrogens with zero attached hydrogens (tertiary/aromatic N) is 1. The van der Waals surface area contributed by atoms with Crippen LogP contribution in [0.4, 0.5) is 4.79 Å². The number of unbranched alkanes of at least 4 members (excludes halogenated alkanes) is 5. The fourth-order valence-electron chi connectivity index (χ4n) is 2.77. The van der Waals surface area contributed by atoms with Gasteiger partial charge in [0.1, 0.15) is 5.60 Å². The van der Waals surface area contributed by atoms with Crippen molar-refractivity contribution in [2.75, 3.05) is 13.1 Å². The highest BCUT2D eigenvalue weighted by molar-refractivity contribution is 5.92. The van der Waals surface area contributed by atoms with E-state index in [1.165, 1.54) is 6.08 Å². The van der Waals surface area contributed by atoms with Gasteiger partial charge in [0.15, 0.2) is 0 Å². The number of carbonyl (C=O) groups is 3. The number of benzene rings is 1. The van der Waals surface area contributed by atoms with Crippen LogP contribution in [0.3, 0.4) is 0 Å².